The lowest BCUT2D eigenvalue weighted by Crippen LogP contribution is -2.34. The van der Waals surface area contributed by atoms with Crippen molar-refractivity contribution in [2.45, 2.75) is 20.8 Å². The number of anilines is 1. The Kier molecular flexibility index (Phi) is 5.85. The minimum absolute atomic E-state index is 0.579. The molecule has 0 unspecified atom stereocenters. The molecular formula is C16H25N3. The van der Waals surface area contributed by atoms with Gasteiger partial charge in [0, 0.05) is 19.6 Å². The molecule has 0 aromatic heterocycles. The third-order valence-corrected chi connectivity index (χ3v) is 3.02. The van der Waals surface area contributed by atoms with Crippen LogP contribution in [-0.4, -0.2) is 38.6 Å². The molecule has 0 atom stereocenters. The Morgan fingerprint density at radius 3 is 2.42 bits per heavy atom. The summed E-state index contributed by atoms with van der Waals surface area (Å²) >= 11 is 0. The highest BCUT2D eigenvalue weighted by Crippen LogP contribution is 2.22. The van der Waals surface area contributed by atoms with Crippen LogP contribution in [-0.2, 0) is 0 Å². The summed E-state index contributed by atoms with van der Waals surface area (Å²) in [5.74, 6) is 0.579. The van der Waals surface area contributed by atoms with Crippen molar-refractivity contribution in [1.82, 2.24) is 4.90 Å². The smallest absolute Gasteiger partial charge is 0.101 e. The predicted molar refractivity (Wildman–Crippen MR) is 81.5 cm³/mol. The average molecular weight is 259 g/mol. The third-order valence-electron chi connectivity index (χ3n) is 3.02. The van der Waals surface area contributed by atoms with Crippen molar-refractivity contribution in [1.29, 1.82) is 5.26 Å². The van der Waals surface area contributed by atoms with Crippen LogP contribution in [0.3, 0.4) is 0 Å². The van der Waals surface area contributed by atoms with Gasteiger partial charge in [-0.2, -0.15) is 5.26 Å². The van der Waals surface area contributed by atoms with Crippen molar-refractivity contribution < 1.29 is 0 Å². The first-order chi connectivity index (χ1) is 8.93. The quantitative estimate of drug-likeness (QED) is 0.787. The van der Waals surface area contributed by atoms with Crippen molar-refractivity contribution in [3.63, 3.8) is 0 Å². The lowest BCUT2D eigenvalue weighted by molar-refractivity contribution is 0.409. The summed E-state index contributed by atoms with van der Waals surface area (Å²) in [5, 5.41) is 9.32. The Morgan fingerprint density at radius 1 is 1.21 bits per heavy atom. The topological polar surface area (TPSA) is 30.3 Å². The minimum atomic E-state index is 0.579. The molecule has 3 nitrogen and oxygen atoms in total. The van der Waals surface area contributed by atoms with Crippen LogP contribution in [0.15, 0.2) is 18.2 Å². The molecule has 19 heavy (non-hydrogen) atoms. The van der Waals surface area contributed by atoms with E-state index < -0.39 is 0 Å². The molecule has 0 aliphatic heterocycles. The van der Waals surface area contributed by atoms with E-state index >= 15 is 0 Å². The fourth-order valence-corrected chi connectivity index (χ4v) is 2.09. The van der Waals surface area contributed by atoms with Gasteiger partial charge in [-0.05, 0) is 44.6 Å². The van der Waals surface area contributed by atoms with Crippen molar-refractivity contribution in [3.05, 3.63) is 29.3 Å². The highest BCUT2D eigenvalue weighted by atomic mass is 15.2. The Bertz CT molecular complexity index is 444. The predicted octanol–water partition coefficient (Wildman–Crippen LogP) is 2.89. The van der Waals surface area contributed by atoms with Crippen molar-refractivity contribution in [2.75, 3.05) is 38.6 Å². The Morgan fingerprint density at radius 2 is 1.89 bits per heavy atom. The summed E-state index contributed by atoms with van der Waals surface area (Å²) < 4.78 is 0. The lowest BCUT2D eigenvalue weighted by atomic mass is 10.1. The molecule has 0 spiro atoms. The van der Waals surface area contributed by atoms with Gasteiger partial charge in [-0.3, -0.25) is 0 Å². The highest BCUT2D eigenvalue weighted by molar-refractivity contribution is 5.60. The van der Waals surface area contributed by atoms with Crippen molar-refractivity contribution in [2.24, 2.45) is 5.92 Å². The second-order valence-corrected chi connectivity index (χ2v) is 5.78. The van der Waals surface area contributed by atoms with Gasteiger partial charge in [-0.25, -0.2) is 0 Å². The first-order valence-electron chi connectivity index (χ1n) is 6.84. The van der Waals surface area contributed by atoms with Crippen LogP contribution < -0.4 is 4.90 Å². The van der Waals surface area contributed by atoms with E-state index in [4.69, 9.17) is 0 Å². The SMILES string of the molecule is Cc1ccc(N(CCN(C)C)CC(C)C)c(C#N)c1. The average Bonchev–Trinajstić information content (AvgIpc) is 2.33. The largest absolute Gasteiger partial charge is 0.369 e. The van der Waals surface area contributed by atoms with Crippen LogP contribution in [0, 0.1) is 24.2 Å². The summed E-state index contributed by atoms with van der Waals surface area (Å²) in [5.41, 5.74) is 2.97. The highest BCUT2D eigenvalue weighted by Gasteiger charge is 2.13. The molecular weight excluding hydrogens is 234 g/mol. The zero-order chi connectivity index (χ0) is 14.4. The normalized spacial score (nSPS) is 10.8. The number of likely N-dealkylation sites (N-methyl/N-ethyl adjacent to an activating group) is 1. The summed E-state index contributed by atoms with van der Waals surface area (Å²) in [6.45, 7) is 9.36. The fraction of sp³-hybridized carbons (Fsp3) is 0.562. The Labute approximate surface area is 117 Å². The standard InChI is InChI=1S/C16H25N3/c1-13(2)12-19(9-8-18(4)5)16-7-6-14(3)10-15(16)11-17/h6-7,10,13H,8-9,12H2,1-5H3. The molecule has 1 aromatic rings. The van der Waals surface area contributed by atoms with E-state index in [0.717, 1.165) is 36.4 Å². The molecule has 1 aromatic carbocycles. The van der Waals surface area contributed by atoms with Crippen LogP contribution in [0.1, 0.15) is 25.0 Å². The van der Waals surface area contributed by atoms with Crippen LogP contribution >= 0.6 is 0 Å². The summed E-state index contributed by atoms with van der Waals surface area (Å²) in [4.78, 5) is 4.50. The minimum Gasteiger partial charge on any atom is -0.369 e. The second kappa shape index (κ2) is 7.16. The first kappa shape index (κ1) is 15.5. The van der Waals surface area contributed by atoms with Crippen LogP contribution in [0.25, 0.3) is 0 Å². The van der Waals surface area contributed by atoms with Crippen LogP contribution in [0.5, 0.6) is 0 Å². The van der Waals surface area contributed by atoms with Gasteiger partial charge in [0.2, 0.25) is 0 Å². The maximum Gasteiger partial charge on any atom is 0.101 e. The van der Waals surface area contributed by atoms with Gasteiger partial charge in [0.05, 0.1) is 11.3 Å². The van der Waals surface area contributed by atoms with E-state index in [1.807, 2.05) is 13.0 Å². The zero-order valence-electron chi connectivity index (χ0n) is 12.8. The first-order valence-corrected chi connectivity index (χ1v) is 6.84. The number of benzene rings is 1. The number of aryl methyl sites for hydroxylation is 1. The number of rotatable bonds is 6. The van der Waals surface area contributed by atoms with Gasteiger partial charge in [0.1, 0.15) is 6.07 Å². The number of hydrogen-bond donors (Lipinski definition) is 0. The molecule has 0 saturated carbocycles. The summed E-state index contributed by atoms with van der Waals surface area (Å²) in [6, 6.07) is 8.45. The van der Waals surface area contributed by atoms with E-state index in [-0.39, 0.29) is 0 Å². The molecule has 0 heterocycles. The molecule has 0 fully saturated rings. The maximum atomic E-state index is 9.32. The van der Waals surface area contributed by atoms with Gasteiger partial charge < -0.3 is 9.80 Å². The monoisotopic (exact) mass is 259 g/mol. The van der Waals surface area contributed by atoms with Crippen molar-refractivity contribution >= 4 is 5.69 Å². The van der Waals surface area contributed by atoms with Crippen LogP contribution in [0.2, 0.25) is 0 Å². The molecule has 0 radical (unpaired) electrons. The zero-order valence-corrected chi connectivity index (χ0v) is 12.8. The number of nitriles is 1. The lowest BCUT2D eigenvalue weighted by Gasteiger charge is -2.29. The van der Waals surface area contributed by atoms with Crippen molar-refractivity contribution in [3.8, 4) is 6.07 Å². The Hall–Kier alpha value is -1.53. The van der Waals surface area contributed by atoms with Gasteiger partial charge in [-0.15, -0.1) is 0 Å². The van der Waals surface area contributed by atoms with E-state index in [9.17, 15) is 5.26 Å². The molecule has 0 bridgehead atoms. The van der Waals surface area contributed by atoms with E-state index in [0.29, 0.717) is 5.92 Å². The van der Waals surface area contributed by atoms with Gasteiger partial charge in [0.25, 0.3) is 0 Å². The fourth-order valence-electron chi connectivity index (χ4n) is 2.09. The molecule has 0 N–H and O–H groups in total. The van der Waals surface area contributed by atoms with Gasteiger partial charge in [0.15, 0.2) is 0 Å². The molecule has 3 heteroatoms. The van der Waals surface area contributed by atoms with E-state index in [2.05, 4.69) is 55.9 Å². The number of hydrogen-bond acceptors (Lipinski definition) is 3. The molecule has 0 aliphatic rings. The molecule has 1 rings (SSSR count). The van der Waals surface area contributed by atoms with E-state index in [1.54, 1.807) is 0 Å². The van der Waals surface area contributed by atoms with Gasteiger partial charge in [-0.1, -0.05) is 19.9 Å². The second-order valence-electron chi connectivity index (χ2n) is 5.78. The molecule has 0 saturated heterocycles. The maximum absolute atomic E-state index is 9.32. The molecule has 0 amide bonds. The molecule has 0 aliphatic carbocycles. The van der Waals surface area contributed by atoms with Crippen LogP contribution in [0.4, 0.5) is 5.69 Å². The molecule has 104 valence electrons. The summed E-state index contributed by atoms with van der Waals surface area (Å²) in [6.07, 6.45) is 0. The summed E-state index contributed by atoms with van der Waals surface area (Å²) in [7, 11) is 4.15. The number of nitrogens with zero attached hydrogens (tertiary/aromatic N) is 3. The van der Waals surface area contributed by atoms with E-state index in [1.165, 1.54) is 0 Å². The Balaban J connectivity index is 2.99. The van der Waals surface area contributed by atoms with Gasteiger partial charge >= 0.3 is 0 Å². The third kappa shape index (κ3) is 4.92.